The number of hydrogen-bond acceptors (Lipinski definition) is 5. The van der Waals surface area contributed by atoms with E-state index in [1.54, 1.807) is 26.4 Å². The first-order chi connectivity index (χ1) is 16.1. The van der Waals surface area contributed by atoms with Crippen LogP contribution in [0.25, 0.3) is 5.57 Å². The molecule has 2 amide bonds. The summed E-state index contributed by atoms with van der Waals surface area (Å²) >= 11 is 0. The van der Waals surface area contributed by atoms with Gasteiger partial charge in [0.25, 0.3) is 11.8 Å². The number of para-hydroxylation sites is 1. The van der Waals surface area contributed by atoms with E-state index in [9.17, 15) is 9.59 Å². The number of likely N-dealkylation sites (N-methyl/N-ethyl adjacent to an activating group) is 1. The molecule has 0 N–H and O–H groups in total. The lowest BCUT2D eigenvalue weighted by molar-refractivity contribution is -0.139. The first-order valence-electron chi connectivity index (χ1n) is 11.8. The molecule has 0 saturated heterocycles. The molecule has 33 heavy (non-hydrogen) atoms. The summed E-state index contributed by atoms with van der Waals surface area (Å²) in [6.07, 6.45) is 6.11. The van der Waals surface area contributed by atoms with E-state index in [1.165, 1.54) is 4.90 Å². The zero-order chi connectivity index (χ0) is 23.4. The molecule has 1 saturated carbocycles. The Kier molecular flexibility index (Phi) is 7.02. The van der Waals surface area contributed by atoms with Crippen LogP contribution < -0.4 is 14.4 Å². The van der Waals surface area contributed by atoms with Crippen molar-refractivity contribution in [3.05, 3.63) is 59.8 Å². The lowest BCUT2D eigenvalue weighted by atomic mass is 10.0. The van der Waals surface area contributed by atoms with Gasteiger partial charge < -0.3 is 14.4 Å². The van der Waals surface area contributed by atoms with Crippen LogP contribution in [0.4, 0.5) is 5.69 Å². The standard InChI is InChI=1S/C27H32N2O4/c1-4-28(20-12-10-7-11-13-20)25-24(19-16-17-22(32-2)23(18-19)33-3)26(30)29(27(25)31)21-14-8-5-6-9-15-21/h7,10-13,16-18,21H,4-6,8-9,14-15H2,1-3H3. The maximum Gasteiger partial charge on any atom is 0.278 e. The summed E-state index contributed by atoms with van der Waals surface area (Å²) in [4.78, 5) is 31.3. The van der Waals surface area contributed by atoms with Crippen LogP contribution in [0.2, 0.25) is 0 Å². The molecule has 6 heteroatoms. The third kappa shape index (κ3) is 4.34. The molecule has 0 aromatic heterocycles. The number of hydrogen-bond donors (Lipinski definition) is 0. The minimum atomic E-state index is -0.219. The average molecular weight is 449 g/mol. The van der Waals surface area contributed by atoms with Gasteiger partial charge in [0.2, 0.25) is 0 Å². The Balaban J connectivity index is 1.86. The summed E-state index contributed by atoms with van der Waals surface area (Å²) in [6.45, 7) is 2.56. The van der Waals surface area contributed by atoms with Gasteiger partial charge in [-0.25, -0.2) is 0 Å². The Labute approximate surface area is 195 Å². The third-order valence-electron chi connectivity index (χ3n) is 6.61. The number of imide groups is 1. The molecule has 1 aliphatic heterocycles. The maximum atomic E-state index is 13.9. The van der Waals surface area contributed by atoms with Crippen LogP contribution >= 0.6 is 0 Å². The predicted octanol–water partition coefficient (Wildman–Crippen LogP) is 5.03. The van der Waals surface area contributed by atoms with Gasteiger partial charge in [-0.1, -0.05) is 49.9 Å². The van der Waals surface area contributed by atoms with Crippen molar-refractivity contribution in [1.29, 1.82) is 0 Å². The van der Waals surface area contributed by atoms with Crippen molar-refractivity contribution in [3.8, 4) is 11.5 Å². The van der Waals surface area contributed by atoms with E-state index in [1.807, 2.05) is 48.2 Å². The summed E-state index contributed by atoms with van der Waals surface area (Å²) in [6, 6.07) is 15.1. The molecule has 1 aliphatic carbocycles. The van der Waals surface area contributed by atoms with Crippen molar-refractivity contribution < 1.29 is 19.1 Å². The highest BCUT2D eigenvalue weighted by Gasteiger charge is 2.45. The van der Waals surface area contributed by atoms with Gasteiger partial charge in [-0.2, -0.15) is 0 Å². The van der Waals surface area contributed by atoms with Crippen LogP contribution in [0.15, 0.2) is 54.2 Å². The fraction of sp³-hybridized carbons (Fsp3) is 0.407. The van der Waals surface area contributed by atoms with E-state index in [0.717, 1.165) is 44.2 Å². The molecule has 0 bridgehead atoms. The van der Waals surface area contributed by atoms with Crippen LogP contribution in [0.5, 0.6) is 11.5 Å². The van der Waals surface area contributed by atoms with Crippen LogP contribution in [0, 0.1) is 0 Å². The van der Waals surface area contributed by atoms with Crippen LogP contribution in [0.1, 0.15) is 51.0 Å². The second-order valence-corrected chi connectivity index (χ2v) is 8.50. The summed E-state index contributed by atoms with van der Waals surface area (Å²) in [5.41, 5.74) is 2.41. The van der Waals surface area contributed by atoms with Gasteiger partial charge in [-0.05, 0) is 49.6 Å². The van der Waals surface area contributed by atoms with Crippen molar-refractivity contribution >= 4 is 23.1 Å². The molecule has 6 nitrogen and oxygen atoms in total. The summed E-state index contributed by atoms with van der Waals surface area (Å²) < 4.78 is 10.9. The summed E-state index contributed by atoms with van der Waals surface area (Å²) in [5.74, 6) is 0.680. The first kappa shape index (κ1) is 22.9. The number of benzene rings is 2. The van der Waals surface area contributed by atoms with E-state index < -0.39 is 0 Å². The monoisotopic (exact) mass is 448 g/mol. The van der Waals surface area contributed by atoms with Crippen molar-refractivity contribution in [2.24, 2.45) is 0 Å². The summed E-state index contributed by atoms with van der Waals surface area (Å²) in [5, 5.41) is 0. The number of carbonyl (C=O) groups is 2. The van der Waals surface area contributed by atoms with Crippen molar-refractivity contribution in [2.75, 3.05) is 25.7 Å². The van der Waals surface area contributed by atoms with Gasteiger partial charge in [0.1, 0.15) is 5.70 Å². The van der Waals surface area contributed by atoms with Gasteiger partial charge in [0.05, 0.1) is 19.8 Å². The number of rotatable bonds is 7. The molecule has 2 aromatic carbocycles. The molecule has 0 spiro atoms. The van der Waals surface area contributed by atoms with E-state index in [2.05, 4.69) is 0 Å². The molecule has 1 heterocycles. The Bertz CT molecular complexity index is 1040. The highest BCUT2D eigenvalue weighted by atomic mass is 16.5. The molecule has 0 atom stereocenters. The molecule has 4 rings (SSSR count). The van der Waals surface area contributed by atoms with Crippen LogP contribution in [-0.4, -0.2) is 43.5 Å². The highest BCUT2D eigenvalue weighted by molar-refractivity contribution is 6.37. The first-order valence-corrected chi connectivity index (χ1v) is 11.8. The largest absolute Gasteiger partial charge is 0.493 e. The molecular formula is C27H32N2O4. The van der Waals surface area contributed by atoms with E-state index in [4.69, 9.17) is 9.47 Å². The SMILES string of the molecule is CCN(C1=C(c2ccc(OC)c(OC)c2)C(=O)N(C2CCCCCC2)C1=O)c1ccccc1. The number of methoxy groups -OCH3 is 2. The quantitative estimate of drug-likeness (QED) is 0.439. The molecular weight excluding hydrogens is 416 g/mol. The second kappa shape index (κ2) is 10.1. The van der Waals surface area contributed by atoms with Crippen LogP contribution in [0.3, 0.4) is 0 Å². The lowest BCUT2D eigenvalue weighted by Crippen LogP contribution is -2.42. The predicted molar refractivity (Wildman–Crippen MR) is 129 cm³/mol. The van der Waals surface area contributed by atoms with Crippen molar-refractivity contribution in [2.45, 2.75) is 51.5 Å². The smallest absolute Gasteiger partial charge is 0.278 e. The fourth-order valence-corrected chi connectivity index (χ4v) is 4.96. The molecule has 0 radical (unpaired) electrons. The van der Waals surface area contributed by atoms with Gasteiger partial charge >= 0.3 is 0 Å². The van der Waals surface area contributed by atoms with Gasteiger partial charge in [-0.3, -0.25) is 14.5 Å². The number of anilines is 1. The zero-order valence-electron chi connectivity index (χ0n) is 19.7. The minimum Gasteiger partial charge on any atom is -0.493 e. The number of amides is 2. The molecule has 0 unspecified atom stereocenters. The number of carbonyl (C=O) groups excluding carboxylic acids is 2. The Morgan fingerprint density at radius 3 is 2.15 bits per heavy atom. The third-order valence-corrected chi connectivity index (χ3v) is 6.61. The highest BCUT2D eigenvalue weighted by Crippen LogP contribution is 2.39. The lowest BCUT2D eigenvalue weighted by Gasteiger charge is -2.28. The fourth-order valence-electron chi connectivity index (χ4n) is 4.96. The Morgan fingerprint density at radius 1 is 0.879 bits per heavy atom. The molecule has 1 fully saturated rings. The number of ether oxygens (including phenoxy) is 2. The van der Waals surface area contributed by atoms with Gasteiger partial charge in [-0.15, -0.1) is 0 Å². The zero-order valence-corrected chi connectivity index (χ0v) is 19.7. The summed E-state index contributed by atoms with van der Waals surface area (Å²) in [7, 11) is 3.15. The maximum absolute atomic E-state index is 13.9. The van der Waals surface area contributed by atoms with Crippen LogP contribution in [-0.2, 0) is 9.59 Å². The molecule has 2 aromatic rings. The Morgan fingerprint density at radius 2 is 1.55 bits per heavy atom. The van der Waals surface area contributed by atoms with E-state index in [0.29, 0.717) is 34.9 Å². The number of nitrogens with zero attached hydrogens (tertiary/aromatic N) is 2. The molecule has 2 aliphatic rings. The van der Waals surface area contributed by atoms with Gasteiger partial charge in [0, 0.05) is 18.3 Å². The minimum absolute atomic E-state index is 0.0605. The van der Waals surface area contributed by atoms with E-state index in [-0.39, 0.29) is 17.9 Å². The van der Waals surface area contributed by atoms with Gasteiger partial charge in [0.15, 0.2) is 11.5 Å². The second-order valence-electron chi connectivity index (χ2n) is 8.50. The van der Waals surface area contributed by atoms with Crippen molar-refractivity contribution in [3.63, 3.8) is 0 Å². The van der Waals surface area contributed by atoms with E-state index >= 15 is 0 Å². The Hall–Kier alpha value is -3.28. The van der Waals surface area contributed by atoms with Crippen molar-refractivity contribution in [1.82, 2.24) is 4.90 Å². The normalized spacial score (nSPS) is 17.4. The topological polar surface area (TPSA) is 59.1 Å². The molecule has 174 valence electrons. The average Bonchev–Trinajstić information content (AvgIpc) is 3.01.